The molecule has 2 saturated heterocycles. The maximum atomic E-state index is 6.16. The maximum absolute atomic E-state index is 6.16. The molecule has 130 valence electrons. The second-order valence-electron chi connectivity index (χ2n) is 6.06. The molecule has 0 saturated carbocycles. The zero-order chi connectivity index (χ0) is 16.3. The predicted molar refractivity (Wildman–Crippen MR) is 80.2 cm³/mol. The van der Waals surface area contributed by atoms with Gasteiger partial charge >= 0.3 is 58.2 Å². The zero-order valence-corrected chi connectivity index (χ0v) is 20.1. The third kappa shape index (κ3) is 5.77. The van der Waals surface area contributed by atoms with Gasteiger partial charge in [0.15, 0.2) is 12.6 Å². The van der Waals surface area contributed by atoms with Crippen molar-refractivity contribution >= 4 is 0 Å². The van der Waals surface area contributed by atoms with Gasteiger partial charge in [-0.15, -0.1) is 5.92 Å². The van der Waals surface area contributed by atoms with Gasteiger partial charge in [-0.3, -0.25) is 0 Å². The first-order valence-electron chi connectivity index (χ1n) is 7.88. The number of rotatable bonds is 5. The second kappa shape index (κ2) is 10.7. The minimum absolute atomic E-state index is 0. The van der Waals surface area contributed by atoms with E-state index in [-0.39, 0.29) is 107 Å². The van der Waals surface area contributed by atoms with Gasteiger partial charge in [0, 0.05) is 46.4 Å². The Kier molecular flexibility index (Phi) is 10.5. The van der Waals surface area contributed by atoms with Gasteiger partial charge in [-0.25, -0.2) is 0 Å². The van der Waals surface area contributed by atoms with Crippen molar-refractivity contribution in [2.24, 2.45) is 5.92 Å². The first-order valence-corrected chi connectivity index (χ1v) is 7.88. The van der Waals surface area contributed by atoms with Crippen molar-refractivity contribution in [1.82, 2.24) is 0 Å². The summed E-state index contributed by atoms with van der Waals surface area (Å²) in [5.41, 5.74) is 0. The summed E-state index contributed by atoms with van der Waals surface area (Å²) in [6.07, 6.45) is 0.267. The Hall–Kier alpha value is 1.57. The summed E-state index contributed by atoms with van der Waals surface area (Å²) in [6, 6.07) is 0. The molecule has 8 atom stereocenters. The Morgan fingerprint density at radius 3 is 1.96 bits per heavy atom. The summed E-state index contributed by atoms with van der Waals surface area (Å²) in [4.78, 5) is 0. The maximum Gasteiger partial charge on any atom is 1.00 e. The van der Waals surface area contributed by atoms with Crippen LogP contribution in [0.4, 0.5) is 0 Å². The second-order valence-corrected chi connectivity index (χ2v) is 6.06. The van der Waals surface area contributed by atoms with Gasteiger partial charge in [0.1, 0.15) is 6.10 Å². The van der Waals surface area contributed by atoms with Crippen LogP contribution in [0.3, 0.4) is 0 Å². The van der Waals surface area contributed by atoms with Crippen LogP contribution in [0.1, 0.15) is 26.7 Å². The van der Waals surface area contributed by atoms with E-state index in [1.807, 2.05) is 13.8 Å². The Labute approximate surface area is 188 Å². The quantitative estimate of drug-likeness (QED) is 0.537. The van der Waals surface area contributed by atoms with Crippen molar-refractivity contribution in [2.45, 2.75) is 69.8 Å². The van der Waals surface area contributed by atoms with Crippen LogP contribution in [-0.2, 0) is 28.4 Å². The van der Waals surface area contributed by atoms with E-state index < -0.39 is 0 Å². The number of hydrogen-bond acceptors (Lipinski definition) is 6. The molecule has 0 radical (unpaired) electrons. The standard InChI is InChI=1S/C16H29O6.Rb/c1-9-10(2)20-15(7-12(9)17-4)22-16-11(3)21-14(19-6)8-13(16)18-5;/h9-16H,1,7-8H2,2-6H3;/q-1;+1/t9?,10-,11-,12-,13-,14+,15-,16-;/m0./s1. The average molecular weight is 403 g/mol. The fraction of sp³-hybridized carbons (Fsp3) is 0.938. The fourth-order valence-corrected chi connectivity index (χ4v) is 3.18. The SMILES string of the molecule is [CH2-]C1[C@H](C)O[C@@H](O[C@H]2[C@H](C)O[C@@H](OC)C[C@@H]2OC)C[C@@H]1OC.[Rb+]. The van der Waals surface area contributed by atoms with Crippen molar-refractivity contribution < 1.29 is 86.6 Å². The van der Waals surface area contributed by atoms with E-state index in [1.54, 1.807) is 21.3 Å². The molecule has 2 rings (SSSR count). The van der Waals surface area contributed by atoms with Crippen LogP contribution in [0.5, 0.6) is 0 Å². The molecule has 2 heterocycles. The van der Waals surface area contributed by atoms with Crippen LogP contribution < -0.4 is 58.2 Å². The zero-order valence-electron chi connectivity index (χ0n) is 15.2. The summed E-state index contributed by atoms with van der Waals surface area (Å²) >= 11 is 0. The first-order chi connectivity index (χ1) is 10.5. The smallest absolute Gasteiger partial charge is 0.384 e. The van der Waals surface area contributed by atoms with Gasteiger partial charge < -0.3 is 35.3 Å². The van der Waals surface area contributed by atoms with Crippen LogP contribution in [0.15, 0.2) is 0 Å². The van der Waals surface area contributed by atoms with Gasteiger partial charge in [0.25, 0.3) is 0 Å². The topological polar surface area (TPSA) is 55.4 Å². The predicted octanol–water partition coefficient (Wildman–Crippen LogP) is -1.23. The number of ether oxygens (including phenoxy) is 6. The molecular formula is C16H29O6Rb. The summed E-state index contributed by atoms with van der Waals surface area (Å²) in [6.45, 7) is 8.07. The molecule has 0 amide bonds. The van der Waals surface area contributed by atoms with Gasteiger partial charge in [0.2, 0.25) is 0 Å². The molecule has 2 aliphatic heterocycles. The third-order valence-electron chi connectivity index (χ3n) is 4.67. The minimum Gasteiger partial charge on any atom is -0.384 e. The van der Waals surface area contributed by atoms with Crippen LogP contribution in [0, 0.1) is 12.8 Å². The van der Waals surface area contributed by atoms with E-state index in [0.29, 0.717) is 12.8 Å². The Bertz CT molecular complexity index is 345. The molecule has 0 aromatic carbocycles. The van der Waals surface area contributed by atoms with E-state index in [9.17, 15) is 0 Å². The molecular weight excluding hydrogens is 374 g/mol. The minimum atomic E-state index is -0.342. The molecule has 2 aliphatic rings. The van der Waals surface area contributed by atoms with E-state index >= 15 is 0 Å². The molecule has 0 bridgehead atoms. The Morgan fingerprint density at radius 2 is 1.39 bits per heavy atom. The summed E-state index contributed by atoms with van der Waals surface area (Å²) in [7, 11) is 5.01. The summed E-state index contributed by atoms with van der Waals surface area (Å²) in [5, 5.41) is 0. The molecule has 0 aliphatic carbocycles. The molecule has 23 heavy (non-hydrogen) atoms. The average Bonchev–Trinajstić information content (AvgIpc) is 2.52. The van der Waals surface area contributed by atoms with E-state index in [4.69, 9.17) is 28.4 Å². The van der Waals surface area contributed by atoms with Gasteiger partial charge in [0.05, 0.1) is 12.2 Å². The molecule has 0 aromatic heterocycles. The normalized spacial score (nSPS) is 44.6. The molecule has 0 N–H and O–H groups in total. The van der Waals surface area contributed by atoms with Crippen LogP contribution in [0.2, 0.25) is 0 Å². The molecule has 6 nitrogen and oxygen atoms in total. The van der Waals surface area contributed by atoms with Crippen molar-refractivity contribution in [1.29, 1.82) is 0 Å². The summed E-state index contributed by atoms with van der Waals surface area (Å²) < 4.78 is 34.2. The van der Waals surface area contributed by atoms with E-state index in [2.05, 4.69) is 6.92 Å². The van der Waals surface area contributed by atoms with Gasteiger partial charge in [-0.05, 0) is 13.8 Å². The van der Waals surface area contributed by atoms with Crippen LogP contribution in [0.25, 0.3) is 0 Å². The first kappa shape index (κ1) is 22.6. The Balaban J connectivity index is 0.00000264. The van der Waals surface area contributed by atoms with E-state index in [1.165, 1.54) is 0 Å². The van der Waals surface area contributed by atoms with Crippen molar-refractivity contribution in [3.05, 3.63) is 6.92 Å². The van der Waals surface area contributed by atoms with Crippen molar-refractivity contribution in [3.63, 3.8) is 0 Å². The molecule has 0 spiro atoms. The fourth-order valence-electron chi connectivity index (χ4n) is 3.18. The van der Waals surface area contributed by atoms with Gasteiger partial charge in [-0.2, -0.15) is 0 Å². The van der Waals surface area contributed by atoms with Gasteiger partial charge in [-0.1, -0.05) is 0 Å². The van der Waals surface area contributed by atoms with E-state index in [0.717, 1.165) is 0 Å². The Morgan fingerprint density at radius 1 is 0.826 bits per heavy atom. The monoisotopic (exact) mass is 402 g/mol. The van der Waals surface area contributed by atoms with Crippen LogP contribution in [-0.4, -0.2) is 64.4 Å². The largest absolute Gasteiger partial charge is 1.00 e. The van der Waals surface area contributed by atoms with Crippen molar-refractivity contribution in [3.8, 4) is 0 Å². The number of hydrogen-bond donors (Lipinski definition) is 0. The summed E-state index contributed by atoms with van der Waals surface area (Å²) in [5.74, 6) is 0.0981. The van der Waals surface area contributed by atoms with Crippen molar-refractivity contribution in [2.75, 3.05) is 21.3 Å². The third-order valence-corrected chi connectivity index (χ3v) is 4.67. The molecule has 1 unspecified atom stereocenters. The molecule has 0 aromatic rings. The number of methoxy groups -OCH3 is 3. The molecule has 7 heteroatoms. The molecule has 2 fully saturated rings. The van der Waals surface area contributed by atoms with Crippen LogP contribution >= 0.6 is 0 Å².